The number of hydrogen-bond donors (Lipinski definition) is 3. The summed E-state index contributed by atoms with van der Waals surface area (Å²) in [6.45, 7) is 5.98. The number of nitrogens with one attached hydrogen (secondary N) is 1. The summed E-state index contributed by atoms with van der Waals surface area (Å²) in [6, 6.07) is 8.51. The van der Waals surface area contributed by atoms with Crippen LogP contribution < -0.4 is 16.2 Å². The molecule has 1 saturated heterocycles. The van der Waals surface area contributed by atoms with E-state index in [1.165, 1.54) is 12.4 Å². The number of morpholine rings is 1. The molecule has 0 saturated carbocycles. The third kappa shape index (κ3) is 7.35. The maximum absolute atomic E-state index is 16.0. The smallest absolute Gasteiger partial charge is 0.152 e. The number of halogens is 3. The number of ether oxygens (including phenoxy) is 2. The normalized spacial score (nSPS) is 15.4. The zero-order valence-corrected chi connectivity index (χ0v) is 23.8. The fourth-order valence-corrected chi connectivity index (χ4v) is 5.18. The van der Waals surface area contributed by atoms with Gasteiger partial charge in [-0.15, -0.1) is 0 Å². The van der Waals surface area contributed by atoms with Crippen molar-refractivity contribution in [1.82, 2.24) is 14.9 Å². The SMILES string of the molecule is C[C@H](Oc1ccc(N)c(C(=N)/C(F)=C(/CCCN)c2ccc(CN3CCOCC3)nc2)c1)c1c(Cl)cncc1Cl. The summed E-state index contributed by atoms with van der Waals surface area (Å²) >= 11 is 12.5. The number of nitrogens with two attached hydrogens (primary N) is 2. The van der Waals surface area contributed by atoms with Crippen LogP contribution >= 0.6 is 23.2 Å². The van der Waals surface area contributed by atoms with E-state index in [9.17, 15) is 0 Å². The summed E-state index contributed by atoms with van der Waals surface area (Å²) in [5, 5.41) is 9.46. The molecule has 0 unspecified atom stereocenters. The van der Waals surface area contributed by atoms with Gasteiger partial charge >= 0.3 is 0 Å². The zero-order valence-electron chi connectivity index (χ0n) is 22.3. The molecule has 0 spiro atoms. The van der Waals surface area contributed by atoms with Crippen molar-refractivity contribution in [2.75, 3.05) is 38.6 Å². The van der Waals surface area contributed by atoms with Gasteiger partial charge < -0.3 is 20.9 Å². The van der Waals surface area contributed by atoms with Crippen molar-refractivity contribution >= 4 is 40.2 Å². The van der Waals surface area contributed by atoms with Crippen LogP contribution in [0.1, 0.15) is 48.3 Å². The summed E-state index contributed by atoms with van der Waals surface area (Å²) in [5.41, 5.74) is 14.4. The van der Waals surface area contributed by atoms with Crippen molar-refractivity contribution in [2.24, 2.45) is 5.73 Å². The van der Waals surface area contributed by atoms with Gasteiger partial charge in [0.15, 0.2) is 5.83 Å². The van der Waals surface area contributed by atoms with E-state index in [0.29, 0.717) is 71.6 Å². The largest absolute Gasteiger partial charge is 0.486 e. The van der Waals surface area contributed by atoms with Gasteiger partial charge in [0.25, 0.3) is 0 Å². The highest BCUT2D eigenvalue weighted by Crippen LogP contribution is 2.34. The van der Waals surface area contributed by atoms with Crippen molar-refractivity contribution in [3.63, 3.8) is 0 Å². The average Bonchev–Trinajstić information content (AvgIpc) is 2.95. The van der Waals surface area contributed by atoms with Crippen LogP contribution in [0, 0.1) is 5.41 Å². The first kappa shape index (κ1) is 29.9. The van der Waals surface area contributed by atoms with Gasteiger partial charge in [0, 0.05) is 55.0 Å². The molecule has 11 heteroatoms. The molecule has 1 atom stereocenters. The number of aromatic nitrogens is 2. The average molecular weight is 588 g/mol. The van der Waals surface area contributed by atoms with Crippen LogP contribution in [-0.4, -0.2) is 53.4 Å². The standard InChI is InChI=1S/C29H33Cl2FN6O2/c1-18(27-24(30)15-36-16-25(27)31)40-21-6-7-26(34)23(13-21)29(35)28(32)22(3-2-8-33)19-4-5-20(37-14-19)17-38-9-11-39-12-10-38/h4-7,13-16,18,35H,2-3,8-12,17,33-34H2,1H3/b28-22+,35-29?/t18-/m0/s1. The number of allylic oxidation sites excluding steroid dienone is 2. The second kappa shape index (κ2) is 14.0. The van der Waals surface area contributed by atoms with Gasteiger partial charge in [-0.3, -0.25) is 20.3 Å². The molecule has 0 bridgehead atoms. The van der Waals surface area contributed by atoms with Crippen molar-refractivity contribution in [1.29, 1.82) is 5.41 Å². The second-order valence-corrected chi connectivity index (χ2v) is 10.3. The molecule has 3 aromatic rings. The first-order valence-corrected chi connectivity index (χ1v) is 13.8. The quantitative estimate of drug-likeness (QED) is 0.191. The Hall–Kier alpha value is -3.08. The van der Waals surface area contributed by atoms with E-state index in [0.717, 1.165) is 18.8 Å². The topological polar surface area (TPSA) is 123 Å². The fourth-order valence-electron chi connectivity index (χ4n) is 4.51. The minimum absolute atomic E-state index is 0.205. The molecule has 0 aliphatic carbocycles. The number of benzene rings is 1. The Labute approximate surface area is 243 Å². The predicted molar refractivity (Wildman–Crippen MR) is 158 cm³/mol. The van der Waals surface area contributed by atoms with E-state index in [-0.39, 0.29) is 17.0 Å². The number of pyridine rings is 2. The van der Waals surface area contributed by atoms with Crippen LogP contribution in [-0.2, 0) is 11.3 Å². The third-order valence-corrected chi connectivity index (χ3v) is 7.28. The predicted octanol–water partition coefficient (Wildman–Crippen LogP) is 5.83. The number of hydrogen-bond acceptors (Lipinski definition) is 8. The van der Waals surface area contributed by atoms with Crippen LogP contribution in [0.2, 0.25) is 10.0 Å². The lowest BCUT2D eigenvalue weighted by molar-refractivity contribution is 0.0336. The van der Waals surface area contributed by atoms with Gasteiger partial charge in [-0.25, -0.2) is 4.39 Å². The summed E-state index contributed by atoms with van der Waals surface area (Å²) in [7, 11) is 0. The number of nitrogen functional groups attached to an aromatic ring is 1. The third-order valence-electron chi connectivity index (χ3n) is 6.68. The van der Waals surface area contributed by atoms with E-state index in [1.54, 1.807) is 31.3 Å². The fraction of sp³-hybridized carbons (Fsp3) is 0.345. The molecule has 4 rings (SSSR count). The minimum atomic E-state index is -0.687. The van der Waals surface area contributed by atoms with Gasteiger partial charge in [0.1, 0.15) is 11.9 Å². The van der Waals surface area contributed by atoms with Gasteiger partial charge in [0.2, 0.25) is 0 Å². The van der Waals surface area contributed by atoms with Crippen molar-refractivity contribution in [2.45, 2.75) is 32.4 Å². The van der Waals surface area contributed by atoms with Gasteiger partial charge in [-0.2, -0.15) is 0 Å². The molecule has 1 aliphatic heterocycles. The first-order valence-electron chi connectivity index (χ1n) is 13.1. The van der Waals surface area contributed by atoms with Crippen LogP contribution in [0.3, 0.4) is 0 Å². The molecular formula is C29H33Cl2FN6O2. The number of anilines is 1. The first-order chi connectivity index (χ1) is 19.3. The van der Waals surface area contributed by atoms with Crippen molar-refractivity contribution in [3.8, 4) is 5.75 Å². The Morgan fingerprint density at radius 1 is 1.15 bits per heavy atom. The highest BCUT2D eigenvalue weighted by atomic mass is 35.5. The molecule has 2 aromatic heterocycles. The van der Waals surface area contributed by atoms with E-state index in [2.05, 4.69) is 14.9 Å². The molecule has 1 fully saturated rings. The number of nitrogens with zero attached hydrogens (tertiary/aromatic N) is 3. The van der Waals surface area contributed by atoms with Crippen LogP contribution in [0.5, 0.6) is 5.75 Å². The molecule has 3 heterocycles. The lowest BCUT2D eigenvalue weighted by atomic mass is 9.96. The van der Waals surface area contributed by atoms with Crippen LogP contribution in [0.4, 0.5) is 10.1 Å². The Morgan fingerprint density at radius 3 is 2.52 bits per heavy atom. The van der Waals surface area contributed by atoms with E-state index in [1.807, 2.05) is 12.1 Å². The van der Waals surface area contributed by atoms with Gasteiger partial charge in [-0.1, -0.05) is 29.3 Å². The Morgan fingerprint density at radius 2 is 1.88 bits per heavy atom. The molecule has 0 radical (unpaired) electrons. The molecular weight excluding hydrogens is 554 g/mol. The van der Waals surface area contributed by atoms with Crippen LogP contribution in [0.25, 0.3) is 5.57 Å². The maximum Gasteiger partial charge on any atom is 0.152 e. The molecule has 8 nitrogen and oxygen atoms in total. The van der Waals surface area contributed by atoms with Gasteiger partial charge in [0.05, 0.1) is 34.7 Å². The zero-order chi connectivity index (χ0) is 28.6. The van der Waals surface area contributed by atoms with Crippen molar-refractivity contribution in [3.05, 3.63) is 87.2 Å². The highest BCUT2D eigenvalue weighted by molar-refractivity contribution is 6.35. The second-order valence-electron chi connectivity index (χ2n) is 9.51. The van der Waals surface area contributed by atoms with Crippen molar-refractivity contribution < 1.29 is 13.9 Å². The van der Waals surface area contributed by atoms with E-state index >= 15 is 4.39 Å². The summed E-state index contributed by atoms with van der Waals surface area (Å²) < 4.78 is 27.5. The molecule has 1 aliphatic rings. The minimum Gasteiger partial charge on any atom is -0.486 e. The highest BCUT2D eigenvalue weighted by Gasteiger charge is 2.21. The molecule has 0 amide bonds. The monoisotopic (exact) mass is 586 g/mol. The Balaban J connectivity index is 1.58. The summed E-state index contributed by atoms with van der Waals surface area (Å²) in [6.07, 6.45) is 4.99. The lowest BCUT2D eigenvalue weighted by Gasteiger charge is -2.26. The summed E-state index contributed by atoms with van der Waals surface area (Å²) in [4.78, 5) is 10.8. The van der Waals surface area contributed by atoms with Crippen LogP contribution in [0.15, 0.2) is 54.7 Å². The Kier molecular flexibility index (Phi) is 10.5. The molecule has 5 N–H and O–H groups in total. The number of rotatable bonds is 11. The molecule has 40 heavy (non-hydrogen) atoms. The molecule has 1 aromatic carbocycles. The van der Waals surface area contributed by atoms with E-state index < -0.39 is 11.9 Å². The maximum atomic E-state index is 16.0. The summed E-state index contributed by atoms with van der Waals surface area (Å²) in [5.74, 6) is -0.302. The molecule has 212 valence electrons. The van der Waals surface area contributed by atoms with Gasteiger partial charge in [-0.05, 0) is 61.7 Å². The van der Waals surface area contributed by atoms with E-state index in [4.69, 9.17) is 49.6 Å². The Bertz CT molecular complexity index is 1340. The lowest BCUT2D eigenvalue weighted by Crippen LogP contribution is -2.35.